The van der Waals surface area contributed by atoms with Gasteiger partial charge in [-0.1, -0.05) is 37.5 Å². The third kappa shape index (κ3) is 2.81. The lowest BCUT2D eigenvalue weighted by Crippen LogP contribution is -2.39. The van der Waals surface area contributed by atoms with E-state index in [2.05, 4.69) is 23.5 Å². The molecule has 20 heavy (non-hydrogen) atoms. The highest BCUT2D eigenvalue weighted by Crippen LogP contribution is 2.33. The maximum Gasteiger partial charge on any atom is 0.124 e. The molecule has 0 amide bonds. The predicted molar refractivity (Wildman–Crippen MR) is 78.4 cm³/mol. The first-order valence-electron chi connectivity index (χ1n) is 7.76. The summed E-state index contributed by atoms with van der Waals surface area (Å²) in [4.78, 5) is 0. The molecule has 1 aliphatic carbocycles. The van der Waals surface area contributed by atoms with Crippen LogP contribution in [0, 0.1) is 17.2 Å². The predicted octanol–water partition coefficient (Wildman–Crippen LogP) is 3.57. The van der Waals surface area contributed by atoms with Gasteiger partial charge in [0.05, 0.1) is 18.6 Å². The van der Waals surface area contributed by atoms with Gasteiger partial charge in [-0.3, -0.25) is 0 Å². The quantitative estimate of drug-likeness (QED) is 0.836. The van der Waals surface area contributed by atoms with Crippen molar-refractivity contribution in [2.45, 2.75) is 50.6 Å². The van der Waals surface area contributed by atoms with Gasteiger partial charge in [-0.2, -0.15) is 5.26 Å². The maximum absolute atomic E-state index is 9.40. The minimum atomic E-state index is 0.160. The molecule has 106 valence electrons. The molecule has 3 heteroatoms. The lowest BCUT2D eigenvalue weighted by atomic mass is 9.93. The first-order valence-corrected chi connectivity index (χ1v) is 7.76. The lowest BCUT2D eigenvalue weighted by Gasteiger charge is -2.31. The van der Waals surface area contributed by atoms with Crippen molar-refractivity contribution >= 4 is 0 Å². The lowest BCUT2D eigenvalue weighted by molar-refractivity contribution is 0.233. The highest BCUT2D eigenvalue weighted by Gasteiger charge is 2.28. The summed E-state index contributed by atoms with van der Waals surface area (Å²) in [5, 5.41) is 13.1. The van der Waals surface area contributed by atoms with Gasteiger partial charge in [-0.05, 0) is 18.9 Å². The molecule has 1 heterocycles. The van der Waals surface area contributed by atoms with Crippen LogP contribution in [0.2, 0.25) is 0 Å². The number of nitrogens with one attached hydrogen (secondary N) is 1. The van der Waals surface area contributed by atoms with Crippen molar-refractivity contribution in [3.8, 4) is 11.8 Å². The van der Waals surface area contributed by atoms with Gasteiger partial charge in [-0.25, -0.2) is 0 Å². The summed E-state index contributed by atoms with van der Waals surface area (Å²) < 4.78 is 5.72. The Labute approximate surface area is 120 Å². The number of nitriles is 1. The van der Waals surface area contributed by atoms with Crippen LogP contribution in [0.5, 0.6) is 5.75 Å². The first kappa shape index (κ1) is 13.5. The molecule has 1 aromatic carbocycles. The van der Waals surface area contributed by atoms with E-state index >= 15 is 0 Å². The second kappa shape index (κ2) is 6.28. The zero-order chi connectivity index (χ0) is 13.8. The molecule has 1 fully saturated rings. The monoisotopic (exact) mass is 270 g/mol. The van der Waals surface area contributed by atoms with Crippen molar-refractivity contribution in [2.75, 3.05) is 6.61 Å². The van der Waals surface area contributed by atoms with Gasteiger partial charge >= 0.3 is 0 Å². The maximum atomic E-state index is 9.40. The van der Waals surface area contributed by atoms with Gasteiger partial charge in [0, 0.05) is 24.1 Å². The van der Waals surface area contributed by atoms with Crippen LogP contribution >= 0.6 is 0 Å². The number of nitrogens with zero attached hydrogens (tertiary/aromatic N) is 1. The molecule has 1 N–H and O–H groups in total. The number of rotatable bonds is 2. The van der Waals surface area contributed by atoms with Crippen LogP contribution in [0.1, 0.15) is 50.1 Å². The molecule has 0 spiro atoms. The Balaban J connectivity index is 1.76. The Morgan fingerprint density at radius 1 is 1.10 bits per heavy atom. The largest absolute Gasteiger partial charge is 0.493 e. The Bertz CT molecular complexity index is 494. The fourth-order valence-corrected chi connectivity index (χ4v) is 3.44. The summed E-state index contributed by atoms with van der Waals surface area (Å²) in [6.07, 6.45) is 6.85. The number of fused-ring (bicyclic) bond motifs is 1. The fourth-order valence-electron chi connectivity index (χ4n) is 3.44. The van der Waals surface area contributed by atoms with Gasteiger partial charge < -0.3 is 10.1 Å². The van der Waals surface area contributed by atoms with Crippen LogP contribution in [0.4, 0.5) is 0 Å². The van der Waals surface area contributed by atoms with E-state index in [-0.39, 0.29) is 5.92 Å². The Kier molecular flexibility index (Phi) is 4.22. The van der Waals surface area contributed by atoms with E-state index in [0.717, 1.165) is 31.6 Å². The molecular formula is C17H22N2O. The van der Waals surface area contributed by atoms with Crippen LogP contribution in [-0.4, -0.2) is 12.6 Å². The summed E-state index contributed by atoms with van der Waals surface area (Å²) in [6, 6.07) is 11.4. The van der Waals surface area contributed by atoms with E-state index in [1.165, 1.54) is 24.8 Å². The minimum absolute atomic E-state index is 0.160. The summed E-state index contributed by atoms with van der Waals surface area (Å²) in [7, 11) is 0. The summed E-state index contributed by atoms with van der Waals surface area (Å²) in [6.45, 7) is 0.763. The van der Waals surface area contributed by atoms with E-state index in [9.17, 15) is 5.26 Å². The Morgan fingerprint density at radius 2 is 1.95 bits per heavy atom. The third-order valence-corrected chi connectivity index (χ3v) is 4.56. The first-order chi connectivity index (χ1) is 9.88. The third-order valence-electron chi connectivity index (χ3n) is 4.56. The van der Waals surface area contributed by atoms with Crippen molar-refractivity contribution in [1.29, 1.82) is 5.26 Å². The van der Waals surface area contributed by atoms with Gasteiger partial charge in [0.1, 0.15) is 5.75 Å². The molecule has 1 saturated carbocycles. The minimum Gasteiger partial charge on any atom is -0.493 e. The van der Waals surface area contributed by atoms with Crippen LogP contribution in [0.15, 0.2) is 24.3 Å². The van der Waals surface area contributed by atoms with Crippen molar-refractivity contribution in [3.63, 3.8) is 0 Å². The molecule has 3 atom stereocenters. The summed E-state index contributed by atoms with van der Waals surface area (Å²) in [5.41, 5.74) is 1.25. The van der Waals surface area contributed by atoms with E-state index in [1.807, 2.05) is 12.1 Å². The smallest absolute Gasteiger partial charge is 0.124 e. The molecule has 0 bridgehead atoms. The molecule has 0 radical (unpaired) electrons. The summed E-state index contributed by atoms with van der Waals surface area (Å²) >= 11 is 0. The second-order valence-electron chi connectivity index (χ2n) is 5.87. The second-order valence-corrected chi connectivity index (χ2v) is 5.87. The average Bonchev–Trinajstić information content (AvgIpc) is 2.72. The number of para-hydroxylation sites is 1. The molecule has 1 aliphatic heterocycles. The van der Waals surface area contributed by atoms with Crippen LogP contribution in [-0.2, 0) is 0 Å². The normalized spacial score (nSPS) is 29.6. The molecule has 0 aromatic heterocycles. The molecule has 1 aromatic rings. The number of benzene rings is 1. The van der Waals surface area contributed by atoms with Gasteiger partial charge in [-0.15, -0.1) is 0 Å². The van der Waals surface area contributed by atoms with Crippen molar-refractivity contribution in [1.82, 2.24) is 5.32 Å². The number of hydrogen-bond acceptors (Lipinski definition) is 3. The van der Waals surface area contributed by atoms with E-state index in [4.69, 9.17) is 4.74 Å². The van der Waals surface area contributed by atoms with Crippen molar-refractivity contribution < 1.29 is 4.74 Å². The molecule has 3 rings (SSSR count). The summed E-state index contributed by atoms with van der Waals surface area (Å²) in [5.74, 6) is 1.16. The topological polar surface area (TPSA) is 45.0 Å². The molecular weight excluding hydrogens is 248 g/mol. The molecule has 3 nitrogen and oxygen atoms in total. The van der Waals surface area contributed by atoms with E-state index < -0.39 is 0 Å². The molecule has 0 saturated heterocycles. The highest BCUT2D eigenvalue weighted by atomic mass is 16.5. The van der Waals surface area contributed by atoms with Crippen LogP contribution in [0.25, 0.3) is 0 Å². The van der Waals surface area contributed by atoms with Crippen molar-refractivity contribution in [3.05, 3.63) is 29.8 Å². The standard InChI is InChI=1S/C17H22N2O/c18-12-13-6-2-1-3-8-15(13)19-16-10-11-20-17-9-5-4-7-14(16)17/h4-5,7,9,13,15-16,19H,1-3,6,8,10-11H2. The van der Waals surface area contributed by atoms with E-state index in [0.29, 0.717) is 12.1 Å². The SMILES string of the molecule is N#CC1CCCCCC1NC1CCOc2ccccc21. The fraction of sp³-hybridized carbons (Fsp3) is 0.588. The molecule has 3 unspecified atom stereocenters. The van der Waals surface area contributed by atoms with Crippen LogP contribution < -0.4 is 10.1 Å². The van der Waals surface area contributed by atoms with Gasteiger partial charge in [0.2, 0.25) is 0 Å². The Morgan fingerprint density at radius 3 is 2.85 bits per heavy atom. The van der Waals surface area contributed by atoms with Crippen LogP contribution in [0.3, 0.4) is 0 Å². The zero-order valence-corrected chi connectivity index (χ0v) is 11.8. The Hall–Kier alpha value is -1.53. The van der Waals surface area contributed by atoms with Gasteiger partial charge in [0.15, 0.2) is 0 Å². The van der Waals surface area contributed by atoms with E-state index in [1.54, 1.807) is 0 Å². The average molecular weight is 270 g/mol. The van der Waals surface area contributed by atoms with Gasteiger partial charge in [0.25, 0.3) is 0 Å². The zero-order valence-electron chi connectivity index (χ0n) is 11.8. The molecule has 2 aliphatic rings. The van der Waals surface area contributed by atoms with Crippen molar-refractivity contribution in [2.24, 2.45) is 5.92 Å². The number of hydrogen-bond donors (Lipinski definition) is 1. The number of ether oxygens (including phenoxy) is 1. The highest BCUT2D eigenvalue weighted by molar-refractivity contribution is 5.37.